The summed E-state index contributed by atoms with van der Waals surface area (Å²) in [6.45, 7) is 1.55. The zero-order valence-corrected chi connectivity index (χ0v) is 18.8. The summed E-state index contributed by atoms with van der Waals surface area (Å²) >= 11 is 6.16. The van der Waals surface area contributed by atoms with Crippen LogP contribution in [-0.2, 0) is 21.3 Å². The number of piperidine rings is 1. The summed E-state index contributed by atoms with van der Waals surface area (Å²) in [5, 5.41) is 0.0837. The number of aryl methyl sites for hydroxylation is 1. The van der Waals surface area contributed by atoms with Crippen LogP contribution in [0.25, 0.3) is 11.2 Å². The van der Waals surface area contributed by atoms with Crippen LogP contribution in [0.5, 0.6) is 0 Å². The number of anilines is 1. The Balaban J connectivity index is 1.39. The molecule has 32 heavy (non-hydrogen) atoms. The maximum atomic E-state index is 13.0. The lowest BCUT2D eigenvalue weighted by Gasteiger charge is -2.26. The molecule has 12 heteroatoms. The summed E-state index contributed by atoms with van der Waals surface area (Å²) in [5.41, 5.74) is 7.04. The molecule has 1 aliphatic heterocycles. The van der Waals surface area contributed by atoms with Gasteiger partial charge in [0.15, 0.2) is 11.5 Å². The first-order chi connectivity index (χ1) is 15.4. The van der Waals surface area contributed by atoms with Crippen LogP contribution < -0.4 is 5.73 Å². The second kappa shape index (κ2) is 9.39. The van der Waals surface area contributed by atoms with E-state index in [9.17, 15) is 13.2 Å². The largest absolute Gasteiger partial charge is 0.462 e. The average Bonchev–Trinajstić information content (AvgIpc) is 3.22. The van der Waals surface area contributed by atoms with E-state index in [-0.39, 0.29) is 22.1 Å². The molecule has 0 radical (unpaired) electrons. The minimum Gasteiger partial charge on any atom is -0.462 e. The van der Waals surface area contributed by atoms with Crippen LogP contribution in [0.1, 0.15) is 36.0 Å². The molecule has 1 fully saturated rings. The summed E-state index contributed by atoms with van der Waals surface area (Å²) < 4.78 is 34.5. The molecule has 2 N–H and O–H groups in total. The Bertz CT molecular complexity index is 1240. The van der Waals surface area contributed by atoms with Gasteiger partial charge in [-0.3, -0.25) is 0 Å². The van der Waals surface area contributed by atoms with Gasteiger partial charge < -0.3 is 15.0 Å². The normalized spacial score (nSPS) is 15.2. The molecular formula is C20H23ClN6O4S. The van der Waals surface area contributed by atoms with Crippen molar-refractivity contribution in [1.82, 2.24) is 23.8 Å². The van der Waals surface area contributed by atoms with Gasteiger partial charge in [0.05, 0.1) is 23.5 Å². The van der Waals surface area contributed by atoms with E-state index in [1.165, 1.54) is 28.8 Å². The minimum absolute atomic E-state index is 0.0716. The van der Waals surface area contributed by atoms with Crippen LogP contribution in [0.4, 0.5) is 5.82 Å². The third kappa shape index (κ3) is 4.54. The van der Waals surface area contributed by atoms with E-state index in [1.807, 2.05) is 0 Å². The smallest absolute Gasteiger partial charge is 0.338 e. The first kappa shape index (κ1) is 22.4. The zero-order valence-electron chi connectivity index (χ0n) is 17.3. The number of esters is 1. The number of ether oxygens (including phenoxy) is 1. The molecule has 0 atom stereocenters. The Hall–Kier alpha value is -2.76. The van der Waals surface area contributed by atoms with Crippen molar-refractivity contribution in [3.05, 3.63) is 41.4 Å². The summed E-state index contributed by atoms with van der Waals surface area (Å²) in [6.07, 6.45) is 6.10. The number of sulfonamides is 1. The van der Waals surface area contributed by atoms with Gasteiger partial charge in [-0.2, -0.15) is 4.31 Å². The number of benzene rings is 1. The third-order valence-corrected chi connectivity index (χ3v) is 7.69. The molecule has 10 nitrogen and oxygen atoms in total. The molecule has 1 saturated heterocycles. The number of halogens is 1. The molecule has 0 unspecified atom stereocenters. The van der Waals surface area contributed by atoms with Gasteiger partial charge in [0.25, 0.3) is 0 Å². The second-order valence-electron chi connectivity index (χ2n) is 7.47. The lowest BCUT2D eigenvalue weighted by Crippen LogP contribution is -2.35. The lowest BCUT2D eigenvalue weighted by molar-refractivity contribution is 0.0496. The van der Waals surface area contributed by atoms with Gasteiger partial charge in [-0.25, -0.2) is 28.2 Å². The van der Waals surface area contributed by atoms with Crippen molar-refractivity contribution in [1.29, 1.82) is 0 Å². The molecule has 170 valence electrons. The molecule has 0 spiro atoms. The third-order valence-electron chi connectivity index (χ3n) is 5.31. The Labute approximate surface area is 190 Å². The first-order valence-electron chi connectivity index (χ1n) is 10.3. The fourth-order valence-electron chi connectivity index (χ4n) is 3.62. The highest BCUT2D eigenvalue weighted by molar-refractivity contribution is 7.89. The molecule has 4 rings (SSSR count). The zero-order chi connectivity index (χ0) is 22.7. The average molecular weight is 479 g/mol. The topological polar surface area (TPSA) is 133 Å². The maximum Gasteiger partial charge on any atom is 0.338 e. The number of hydrogen-bond donors (Lipinski definition) is 1. The quantitative estimate of drug-likeness (QED) is 0.404. The van der Waals surface area contributed by atoms with E-state index < -0.39 is 16.0 Å². The predicted molar refractivity (Wildman–Crippen MR) is 119 cm³/mol. The summed E-state index contributed by atoms with van der Waals surface area (Å²) in [4.78, 5) is 24.7. The Morgan fingerprint density at radius 1 is 1.16 bits per heavy atom. The highest BCUT2D eigenvalue weighted by Gasteiger charge is 2.29. The van der Waals surface area contributed by atoms with E-state index in [1.54, 1.807) is 10.9 Å². The lowest BCUT2D eigenvalue weighted by atomic mass is 10.2. The minimum atomic E-state index is -3.77. The highest BCUT2D eigenvalue weighted by atomic mass is 35.5. The molecule has 0 saturated carbocycles. The fraction of sp³-hybridized carbons (Fsp3) is 0.400. The van der Waals surface area contributed by atoms with Crippen LogP contribution >= 0.6 is 11.6 Å². The molecule has 0 amide bonds. The van der Waals surface area contributed by atoms with E-state index >= 15 is 0 Å². The maximum absolute atomic E-state index is 13.0. The molecular weight excluding hydrogens is 456 g/mol. The molecule has 2 aromatic heterocycles. The number of hydrogen-bond acceptors (Lipinski definition) is 8. The molecule has 3 aromatic rings. The number of nitrogens with zero attached hydrogens (tertiary/aromatic N) is 5. The van der Waals surface area contributed by atoms with Gasteiger partial charge in [-0.1, -0.05) is 18.0 Å². The van der Waals surface area contributed by atoms with Crippen molar-refractivity contribution in [3.63, 3.8) is 0 Å². The van der Waals surface area contributed by atoms with Gasteiger partial charge in [0.1, 0.15) is 16.7 Å². The fourth-order valence-corrected chi connectivity index (χ4v) is 5.64. The first-order valence-corrected chi connectivity index (χ1v) is 12.1. The van der Waals surface area contributed by atoms with Crippen molar-refractivity contribution in [2.24, 2.45) is 0 Å². The number of imidazole rings is 1. The van der Waals surface area contributed by atoms with Crippen LogP contribution in [0.15, 0.2) is 35.7 Å². The van der Waals surface area contributed by atoms with Gasteiger partial charge in [-0.15, -0.1) is 0 Å². The molecule has 1 aliphatic rings. The Morgan fingerprint density at radius 2 is 1.94 bits per heavy atom. The summed E-state index contributed by atoms with van der Waals surface area (Å²) in [6, 6.07) is 4.16. The number of fused-ring (bicyclic) bond motifs is 1. The number of nitrogens with two attached hydrogens (primary N) is 1. The van der Waals surface area contributed by atoms with Crippen molar-refractivity contribution >= 4 is 44.6 Å². The Morgan fingerprint density at radius 3 is 2.72 bits per heavy atom. The van der Waals surface area contributed by atoms with Gasteiger partial charge in [0.2, 0.25) is 10.0 Å². The van der Waals surface area contributed by atoms with Crippen molar-refractivity contribution in [2.45, 2.75) is 37.1 Å². The number of nitrogen functional groups attached to an aromatic ring is 1. The van der Waals surface area contributed by atoms with Gasteiger partial charge in [0, 0.05) is 19.6 Å². The SMILES string of the molecule is Nc1ncnc2c1ncn2CCCOC(=O)c1ccc(Cl)c(S(=O)(=O)N2CCCCC2)c1. The van der Waals surface area contributed by atoms with Crippen LogP contribution in [0.2, 0.25) is 5.02 Å². The van der Waals surface area contributed by atoms with Crippen LogP contribution in [-0.4, -0.2) is 57.9 Å². The molecule has 3 heterocycles. The monoisotopic (exact) mass is 478 g/mol. The van der Waals surface area contributed by atoms with Crippen LogP contribution in [0.3, 0.4) is 0 Å². The standard InChI is InChI=1S/C20H23ClN6O4S/c21-15-6-5-14(11-16(15)32(29,30)27-8-2-1-3-9-27)20(28)31-10-4-7-26-13-25-17-18(22)23-12-24-19(17)26/h5-6,11-13H,1-4,7-10H2,(H2,22,23,24). The van der Waals surface area contributed by atoms with E-state index in [0.29, 0.717) is 43.0 Å². The van der Waals surface area contributed by atoms with Gasteiger partial charge in [-0.05, 0) is 37.5 Å². The number of aromatic nitrogens is 4. The van der Waals surface area contributed by atoms with Crippen molar-refractivity contribution in [3.8, 4) is 0 Å². The predicted octanol–water partition coefficient (Wildman–Crippen LogP) is 2.48. The molecule has 0 aliphatic carbocycles. The Kier molecular flexibility index (Phi) is 6.58. The molecule has 1 aromatic carbocycles. The van der Waals surface area contributed by atoms with Crippen molar-refractivity contribution < 1.29 is 17.9 Å². The summed E-state index contributed by atoms with van der Waals surface area (Å²) in [7, 11) is -3.77. The van der Waals surface area contributed by atoms with E-state index in [2.05, 4.69) is 15.0 Å². The van der Waals surface area contributed by atoms with Crippen molar-refractivity contribution in [2.75, 3.05) is 25.4 Å². The van der Waals surface area contributed by atoms with E-state index in [0.717, 1.165) is 19.3 Å². The second-order valence-corrected chi connectivity index (χ2v) is 9.78. The number of rotatable bonds is 7. The number of carbonyl (C=O) groups excluding carboxylic acids is 1. The van der Waals surface area contributed by atoms with Gasteiger partial charge >= 0.3 is 5.97 Å². The summed E-state index contributed by atoms with van der Waals surface area (Å²) in [5.74, 6) is -0.308. The van der Waals surface area contributed by atoms with E-state index in [4.69, 9.17) is 22.1 Å². The number of carbonyl (C=O) groups is 1. The van der Waals surface area contributed by atoms with Crippen LogP contribution in [0, 0.1) is 0 Å². The highest BCUT2D eigenvalue weighted by Crippen LogP contribution is 2.28. The molecule has 0 bridgehead atoms.